The molecule has 0 atom stereocenters. The maximum Gasteiger partial charge on any atom is 0.313 e. The number of halogens is 1. The van der Waals surface area contributed by atoms with E-state index in [1.807, 2.05) is 24.3 Å². The molecule has 5 nitrogen and oxygen atoms in total. The molecule has 0 amide bonds. The zero-order valence-electron chi connectivity index (χ0n) is 14.8. The molecule has 0 fully saturated rings. The molecule has 0 aliphatic rings. The summed E-state index contributed by atoms with van der Waals surface area (Å²) in [6, 6.07) is 14.0. The number of rotatable bonds is 6. The molecule has 1 aromatic heterocycles. The summed E-state index contributed by atoms with van der Waals surface area (Å²) in [4.78, 5) is 36.6. The van der Waals surface area contributed by atoms with Crippen molar-refractivity contribution in [1.29, 1.82) is 0 Å². The van der Waals surface area contributed by atoms with Crippen molar-refractivity contribution in [3.8, 4) is 0 Å². The fourth-order valence-corrected chi connectivity index (χ4v) is 3.06. The Labute approximate surface area is 161 Å². The van der Waals surface area contributed by atoms with Gasteiger partial charge in [0.15, 0.2) is 0 Å². The summed E-state index contributed by atoms with van der Waals surface area (Å²) in [6.07, 6.45) is 1.43. The number of ketones is 1. The van der Waals surface area contributed by atoms with Crippen LogP contribution in [0.3, 0.4) is 0 Å². The third kappa shape index (κ3) is 4.26. The first-order valence-corrected chi connectivity index (χ1v) is 8.94. The average Bonchev–Trinajstić information content (AvgIpc) is 3.00. The molecule has 0 saturated carbocycles. The predicted molar refractivity (Wildman–Crippen MR) is 103 cm³/mol. The van der Waals surface area contributed by atoms with Crippen molar-refractivity contribution < 1.29 is 19.1 Å². The van der Waals surface area contributed by atoms with Gasteiger partial charge in [-0.1, -0.05) is 29.8 Å². The normalized spacial score (nSPS) is 10.7. The van der Waals surface area contributed by atoms with Gasteiger partial charge in [0.1, 0.15) is 12.2 Å². The van der Waals surface area contributed by atoms with Gasteiger partial charge >= 0.3 is 5.97 Å². The maximum absolute atomic E-state index is 12.9. The zero-order chi connectivity index (χ0) is 19.4. The summed E-state index contributed by atoms with van der Waals surface area (Å²) in [6.45, 7) is 1.93. The zero-order valence-corrected chi connectivity index (χ0v) is 15.5. The lowest BCUT2D eigenvalue weighted by Crippen LogP contribution is -2.13. The molecular formula is C21H18ClNO4. The quantitative estimate of drug-likeness (QED) is 0.476. The molecule has 0 aliphatic heterocycles. The Morgan fingerprint density at radius 2 is 1.74 bits per heavy atom. The minimum absolute atomic E-state index is 0.0558. The lowest BCUT2D eigenvalue weighted by atomic mass is 10.1. The number of aromatic nitrogens is 1. The van der Waals surface area contributed by atoms with E-state index in [-0.39, 0.29) is 31.1 Å². The number of hydrogen-bond donors (Lipinski definition) is 0. The van der Waals surface area contributed by atoms with Gasteiger partial charge < -0.3 is 4.74 Å². The highest BCUT2D eigenvalue weighted by Crippen LogP contribution is 2.24. The van der Waals surface area contributed by atoms with E-state index in [4.69, 9.17) is 16.3 Å². The topological polar surface area (TPSA) is 65.4 Å². The number of carbonyl (C=O) groups is 3. The minimum Gasteiger partial charge on any atom is -0.466 e. The smallest absolute Gasteiger partial charge is 0.313 e. The van der Waals surface area contributed by atoms with Crippen LogP contribution in [0.1, 0.15) is 29.3 Å². The first-order chi connectivity index (χ1) is 13.0. The Morgan fingerprint density at radius 3 is 2.44 bits per heavy atom. The molecule has 0 N–H and O–H groups in total. The van der Waals surface area contributed by atoms with Crippen molar-refractivity contribution in [1.82, 2.24) is 4.57 Å². The minimum atomic E-state index is -0.538. The Morgan fingerprint density at radius 1 is 1.04 bits per heavy atom. The second-order valence-corrected chi connectivity index (χ2v) is 6.49. The van der Waals surface area contributed by atoms with Crippen LogP contribution in [-0.4, -0.2) is 28.8 Å². The number of ether oxygens (including phenoxy) is 1. The largest absolute Gasteiger partial charge is 0.466 e. The van der Waals surface area contributed by atoms with Crippen molar-refractivity contribution in [3.05, 3.63) is 70.9 Å². The summed E-state index contributed by atoms with van der Waals surface area (Å²) >= 11 is 5.89. The fourth-order valence-electron chi connectivity index (χ4n) is 2.94. The Kier molecular flexibility index (Phi) is 5.72. The van der Waals surface area contributed by atoms with E-state index in [2.05, 4.69) is 0 Å². The molecular weight excluding hydrogens is 366 g/mol. The molecule has 27 heavy (non-hydrogen) atoms. The van der Waals surface area contributed by atoms with Crippen LogP contribution in [0.25, 0.3) is 10.9 Å². The second-order valence-electron chi connectivity index (χ2n) is 6.05. The van der Waals surface area contributed by atoms with Gasteiger partial charge in [0.05, 0.1) is 12.1 Å². The number of benzene rings is 2. The van der Waals surface area contributed by atoms with Gasteiger partial charge in [-0.3, -0.25) is 19.0 Å². The standard InChI is InChI=1S/C21H18ClNO4/c1-2-27-20(25)12-17(24)11-15-13-23(19-6-4-3-5-18(15)19)21(26)14-7-9-16(22)10-8-14/h3-10,13H,2,11-12H2,1H3. The van der Waals surface area contributed by atoms with E-state index in [1.165, 1.54) is 4.57 Å². The molecule has 3 aromatic rings. The highest BCUT2D eigenvalue weighted by Gasteiger charge is 2.18. The highest BCUT2D eigenvalue weighted by molar-refractivity contribution is 6.30. The number of Topliss-reactive ketones (excluding diaryl/α,β-unsaturated/α-hetero) is 1. The van der Waals surface area contributed by atoms with Gasteiger partial charge in [0, 0.05) is 28.6 Å². The van der Waals surface area contributed by atoms with Gasteiger partial charge in [-0.15, -0.1) is 0 Å². The third-order valence-corrected chi connectivity index (χ3v) is 4.39. The Balaban J connectivity index is 1.92. The fraction of sp³-hybridized carbons (Fsp3) is 0.190. The summed E-state index contributed by atoms with van der Waals surface area (Å²) < 4.78 is 6.34. The number of nitrogens with zero attached hydrogens (tertiary/aromatic N) is 1. The summed E-state index contributed by atoms with van der Waals surface area (Å²) in [5.41, 5.74) is 1.89. The van der Waals surface area contributed by atoms with Gasteiger partial charge in [0.25, 0.3) is 5.91 Å². The molecule has 0 saturated heterocycles. The van der Waals surface area contributed by atoms with E-state index in [9.17, 15) is 14.4 Å². The van der Waals surface area contributed by atoms with Crippen LogP contribution in [0.5, 0.6) is 0 Å². The molecule has 1 heterocycles. The molecule has 0 radical (unpaired) electrons. The average molecular weight is 384 g/mol. The molecule has 0 aliphatic carbocycles. The van der Waals surface area contributed by atoms with Crippen molar-refractivity contribution >= 4 is 40.2 Å². The van der Waals surface area contributed by atoms with Crippen LogP contribution in [0.4, 0.5) is 0 Å². The lowest BCUT2D eigenvalue weighted by Gasteiger charge is -2.04. The van der Waals surface area contributed by atoms with Gasteiger partial charge in [-0.2, -0.15) is 0 Å². The molecule has 0 unspecified atom stereocenters. The predicted octanol–water partition coefficient (Wildman–Crippen LogP) is 4.05. The highest BCUT2D eigenvalue weighted by atomic mass is 35.5. The first kappa shape index (κ1) is 18.9. The van der Waals surface area contributed by atoms with Gasteiger partial charge in [-0.05, 0) is 42.8 Å². The summed E-state index contributed by atoms with van der Waals surface area (Å²) in [5, 5.41) is 1.35. The van der Waals surface area contributed by atoms with Gasteiger partial charge in [-0.25, -0.2) is 0 Å². The Bertz CT molecular complexity index is 1000. The van der Waals surface area contributed by atoms with Crippen LogP contribution in [0.15, 0.2) is 54.7 Å². The van der Waals surface area contributed by atoms with E-state index in [0.29, 0.717) is 21.7 Å². The molecule has 0 spiro atoms. The molecule has 3 rings (SSSR count). The van der Waals surface area contributed by atoms with Crippen LogP contribution in [0, 0.1) is 0 Å². The Hall–Kier alpha value is -2.92. The number of carbonyl (C=O) groups excluding carboxylic acids is 3. The van der Waals surface area contributed by atoms with E-state index < -0.39 is 5.97 Å². The third-order valence-electron chi connectivity index (χ3n) is 4.14. The maximum atomic E-state index is 12.9. The summed E-state index contributed by atoms with van der Waals surface area (Å²) in [5.74, 6) is -1.01. The van der Waals surface area contributed by atoms with Crippen molar-refractivity contribution in [2.75, 3.05) is 6.61 Å². The van der Waals surface area contributed by atoms with E-state index >= 15 is 0 Å². The number of para-hydroxylation sites is 1. The second kappa shape index (κ2) is 8.18. The number of hydrogen-bond acceptors (Lipinski definition) is 4. The van der Waals surface area contributed by atoms with Crippen molar-refractivity contribution in [3.63, 3.8) is 0 Å². The molecule has 138 valence electrons. The van der Waals surface area contributed by atoms with Crippen LogP contribution in [0.2, 0.25) is 5.02 Å². The van der Waals surface area contributed by atoms with Crippen LogP contribution < -0.4 is 0 Å². The van der Waals surface area contributed by atoms with Crippen LogP contribution in [-0.2, 0) is 20.7 Å². The molecule has 0 bridgehead atoms. The SMILES string of the molecule is CCOC(=O)CC(=O)Cc1cn(C(=O)c2ccc(Cl)cc2)c2ccccc12. The molecule has 2 aromatic carbocycles. The van der Waals surface area contributed by atoms with Crippen LogP contribution >= 0.6 is 11.6 Å². The van der Waals surface area contributed by atoms with E-state index in [0.717, 1.165) is 5.39 Å². The van der Waals surface area contributed by atoms with Crippen molar-refractivity contribution in [2.24, 2.45) is 0 Å². The lowest BCUT2D eigenvalue weighted by molar-refractivity contribution is -0.145. The summed E-state index contributed by atoms with van der Waals surface area (Å²) in [7, 11) is 0. The monoisotopic (exact) mass is 383 g/mol. The first-order valence-electron chi connectivity index (χ1n) is 8.56. The number of esters is 1. The number of fused-ring (bicyclic) bond motifs is 1. The van der Waals surface area contributed by atoms with E-state index in [1.54, 1.807) is 37.4 Å². The van der Waals surface area contributed by atoms with Gasteiger partial charge in [0.2, 0.25) is 0 Å². The molecule has 6 heteroatoms. The van der Waals surface area contributed by atoms with Crippen molar-refractivity contribution in [2.45, 2.75) is 19.8 Å².